The van der Waals surface area contributed by atoms with E-state index in [1.54, 1.807) is 43.5 Å². The summed E-state index contributed by atoms with van der Waals surface area (Å²) < 4.78 is 22.0. The van der Waals surface area contributed by atoms with Crippen LogP contribution in [0.2, 0.25) is 5.02 Å². The number of hydrogen-bond donors (Lipinski definition) is 1. The Morgan fingerprint density at radius 3 is 2.83 bits per heavy atom. The summed E-state index contributed by atoms with van der Waals surface area (Å²) in [7, 11) is 1.56. The van der Waals surface area contributed by atoms with Gasteiger partial charge in [-0.05, 0) is 42.5 Å². The number of benzene rings is 2. The summed E-state index contributed by atoms with van der Waals surface area (Å²) in [4.78, 5) is 12.2. The SMILES string of the molecule is COc1ccc(-c2ccc(C=NNC(=O)[C@H]3COc4ccccc4O3)o2)cc1Cl. The minimum Gasteiger partial charge on any atom is -0.495 e. The second-order valence-corrected chi connectivity index (χ2v) is 6.56. The Hall–Kier alpha value is -3.45. The smallest absolute Gasteiger partial charge is 0.284 e. The first-order chi connectivity index (χ1) is 14.1. The molecule has 0 saturated carbocycles. The minimum absolute atomic E-state index is 0.113. The lowest BCUT2D eigenvalue weighted by atomic mass is 10.2. The lowest BCUT2D eigenvalue weighted by molar-refractivity contribution is -0.130. The Balaban J connectivity index is 1.37. The van der Waals surface area contributed by atoms with Gasteiger partial charge in [-0.15, -0.1) is 0 Å². The number of nitrogens with one attached hydrogen (secondary N) is 1. The zero-order valence-corrected chi connectivity index (χ0v) is 16.2. The number of para-hydroxylation sites is 2. The Bertz CT molecular complexity index is 1060. The molecule has 0 fully saturated rings. The summed E-state index contributed by atoms with van der Waals surface area (Å²) in [5.74, 6) is 2.40. The molecule has 4 rings (SSSR count). The molecule has 0 spiro atoms. The highest BCUT2D eigenvalue weighted by molar-refractivity contribution is 6.32. The lowest BCUT2D eigenvalue weighted by Gasteiger charge is -2.24. The largest absolute Gasteiger partial charge is 0.495 e. The summed E-state index contributed by atoms with van der Waals surface area (Å²) in [6.07, 6.45) is 0.625. The molecule has 8 heteroatoms. The van der Waals surface area contributed by atoms with Crippen molar-refractivity contribution in [3.05, 3.63) is 65.4 Å². The molecule has 1 amide bonds. The predicted octanol–water partition coefficient (Wildman–Crippen LogP) is 3.90. The summed E-state index contributed by atoms with van der Waals surface area (Å²) in [5.41, 5.74) is 3.23. The van der Waals surface area contributed by atoms with Crippen LogP contribution in [0.4, 0.5) is 0 Å². The van der Waals surface area contributed by atoms with Crippen molar-refractivity contribution >= 4 is 23.7 Å². The number of hydrogen-bond acceptors (Lipinski definition) is 6. The third-order valence-corrected chi connectivity index (χ3v) is 4.53. The summed E-state index contributed by atoms with van der Waals surface area (Å²) in [5, 5.41) is 4.41. The summed E-state index contributed by atoms with van der Waals surface area (Å²) >= 11 is 6.15. The quantitative estimate of drug-likeness (QED) is 0.507. The van der Waals surface area contributed by atoms with E-state index < -0.39 is 12.0 Å². The van der Waals surface area contributed by atoms with Gasteiger partial charge in [0.15, 0.2) is 11.5 Å². The monoisotopic (exact) mass is 412 g/mol. The fraction of sp³-hybridized carbons (Fsp3) is 0.143. The van der Waals surface area contributed by atoms with Gasteiger partial charge in [-0.3, -0.25) is 4.79 Å². The van der Waals surface area contributed by atoms with Crippen molar-refractivity contribution < 1.29 is 23.4 Å². The van der Waals surface area contributed by atoms with Gasteiger partial charge in [0.25, 0.3) is 5.91 Å². The molecule has 1 aliphatic heterocycles. The maximum Gasteiger partial charge on any atom is 0.284 e. The van der Waals surface area contributed by atoms with E-state index in [9.17, 15) is 4.79 Å². The number of ether oxygens (including phenoxy) is 3. The lowest BCUT2D eigenvalue weighted by Crippen LogP contribution is -2.42. The highest BCUT2D eigenvalue weighted by Crippen LogP contribution is 2.31. The number of carbonyl (C=O) groups excluding carboxylic acids is 1. The van der Waals surface area contributed by atoms with Gasteiger partial charge in [0, 0.05) is 5.56 Å². The van der Waals surface area contributed by atoms with Crippen molar-refractivity contribution in [1.82, 2.24) is 5.43 Å². The number of rotatable bonds is 5. The van der Waals surface area contributed by atoms with E-state index in [0.29, 0.717) is 33.8 Å². The molecule has 148 valence electrons. The molecular weight excluding hydrogens is 396 g/mol. The van der Waals surface area contributed by atoms with Gasteiger partial charge in [-0.2, -0.15) is 5.10 Å². The Morgan fingerprint density at radius 2 is 2.03 bits per heavy atom. The molecule has 0 saturated heterocycles. The van der Waals surface area contributed by atoms with Gasteiger partial charge in [0.1, 0.15) is 23.9 Å². The van der Waals surface area contributed by atoms with E-state index in [1.165, 1.54) is 6.21 Å². The molecule has 1 aliphatic rings. The first kappa shape index (κ1) is 18.9. The summed E-state index contributed by atoms with van der Waals surface area (Å²) in [6, 6.07) is 16.1. The van der Waals surface area contributed by atoms with Crippen LogP contribution in [0.15, 0.2) is 64.1 Å². The van der Waals surface area contributed by atoms with Crippen molar-refractivity contribution in [3.8, 4) is 28.6 Å². The Morgan fingerprint density at radius 1 is 1.21 bits per heavy atom. The van der Waals surface area contributed by atoms with Crippen LogP contribution < -0.4 is 19.6 Å². The molecule has 29 heavy (non-hydrogen) atoms. The highest BCUT2D eigenvalue weighted by Gasteiger charge is 2.27. The Kier molecular flexibility index (Phi) is 5.39. The van der Waals surface area contributed by atoms with E-state index >= 15 is 0 Å². The average Bonchev–Trinajstić information content (AvgIpc) is 3.22. The highest BCUT2D eigenvalue weighted by atomic mass is 35.5. The van der Waals surface area contributed by atoms with Crippen molar-refractivity contribution in [3.63, 3.8) is 0 Å². The third-order valence-electron chi connectivity index (χ3n) is 4.23. The van der Waals surface area contributed by atoms with Crippen molar-refractivity contribution in [2.75, 3.05) is 13.7 Å². The van der Waals surface area contributed by atoms with Crippen molar-refractivity contribution in [1.29, 1.82) is 0 Å². The molecule has 2 heterocycles. The van der Waals surface area contributed by atoms with Gasteiger partial charge in [-0.1, -0.05) is 23.7 Å². The van der Waals surface area contributed by atoms with E-state index in [1.807, 2.05) is 18.2 Å². The number of halogens is 1. The molecule has 3 aromatic rings. The first-order valence-electron chi connectivity index (χ1n) is 8.79. The number of carbonyl (C=O) groups is 1. The fourth-order valence-electron chi connectivity index (χ4n) is 2.78. The summed E-state index contributed by atoms with van der Waals surface area (Å²) in [6.45, 7) is 0.113. The maximum absolute atomic E-state index is 12.2. The number of hydrazone groups is 1. The number of nitrogens with zero attached hydrogens (tertiary/aromatic N) is 1. The van der Waals surface area contributed by atoms with Gasteiger partial charge >= 0.3 is 0 Å². The normalized spacial score (nSPS) is 15.3. The van der Waals surface area contributed by atoms with Crippen molar-refractivity contribution in [2.45, 2.75) is 6.10 Å². The van der Waals surface area contributed by atoms with Crippen LogP contribution >= 0.6 is 11.6 Å². The zero-order chi connectivity index (χ0) is 20.2. The van der Waals surface area contributed by atoms with E-state index in [-0.39, 0.29) is 6.61 Å². The van der Waals surface area contributed by atoms with Crippen LogP contribution in [0.3, 0.4) is 0 Å². The molecule has 1 aromatic heterocycles. The molecule has 0 aliphatic carbocycles. The van der Waals surface area contributed by atoms with Crippen LogP contribution in [-0.2, 0) is 4.79 Å². The Labute approximate surface area is 171 Å². The van der Waals surface area contributed by atoms with Gasteiger partial charge < -0.3 is 18.6 Å². The second-order valence-electron chi connectivity index (χ2n) is 6.15. The second kappa shape index (κ2) is 8.28. The zero-order valence-electron chi connectivity index (χ0n) is 15.4. The maximum atomic E-state index is 12.2. The van der Waals surface area contributed by atoms with Crippen LogP contribution in [0.5, 0.6) is 17.2 Å². The molecular formula is C21H17ClN2O5. The first-order valence-corrected chi connectivity index (χ1v) is 9.17. The predicted molar refractivity (Wildman–Crippen MR) is 108 cm³/mol. The van der Waals surface area contributed by atoms with E-state index in [4.69, 9.17) is 30.2 Å². The van der Waals surface area contributed by atoms with Crippen LogP contribution in [0, 0.1) is 0 Å². The number of furan rings is 1. The van der Waals surface area contributed by atoms with E-state index in [0.717, 1.165) is 5.56 Å². The van der Waals surface area contributed by atoms with E-state index in [2.05, 4.69) is 10.5 Å². The number of fused-ring (bicyclic) bond motifs is 1. The van der Waals surface area contributed by atoms with Gasteiger partial charge in [0.05, 0.1) is 18.3 Å². The van der Waals surface area contributed by atoms with Crippen LogP contribution in [0.1, 0.15) is 5.76 Å². The molecule has 7 nitrogen and oxygen atoms in total. The molecule has 0 radical (unpaired) electrons. The van der Waals surface area contributed by atoms with Gasteiger partial charge in [0.2, 0.25) is 6.10 Å². The van der Waals surface area contributed by atoms with Crippen LogP contribution in [0.25, 0.3) is 11.3 Å². The van der Waals surface area contributed by atoms with Crippen molar-refractivity contribution in [2.24, 2.45) is 5.10 Å². The molecule has 1 N–H and O–H groups in total. The standard InChI is InChI=1S/C21H17ClN2O5/c1-26-17-8-6-13(10-15(17)22)16-9-7-14(28-16)11-23-24-21(25)20-12-27-18-4-2-3-5-19(18)29-20/h2-11,20H,12H2,1H3,(H,24,25)/t20-/m1/s1. The topological polar surface area (TPSA) is 82.3 Å². The minimum atomic E-state index is -0.782. The molecule has 2 aromatic carbocycles. The molecule has 1 atom stereocenters. The fourth-order valence-corrected chi connectivity index (χ4v) is 3.03. The average molecular weight is 413 g/mol. The number of amides is 1. The van der Waals surface area contributed by atoms with Gasteiger partial charge in [-0.25, -0.2) is 5.43 Å². The molecule has 0 unspecified atom stereocenters. The molecule has 0 bridgehead atoms. The third kappa shape index (κ3) is 4.20. The number of methoxy groups -OCH3 is 1. The van der Waals surface area contributed by atoms with Crippen LogP contribution in [-0.4, -0.2) is 31.9 Å².